The number of benzene rings is 1. The Bertz CT molecular complexity index is 470. The maximum atomic E-state index is 10.8. The molecule has 0 spiro atoms. The maximum absolute atomic E-state index is 10.8. The summed E-state index contributed by atoms with van der Waals surface area (Å²) < 4.78 is 0. The Balaban J connectivity index is 1.65. The number of carboxylic acid groups (broad SMARTS) is 1. The number of hydrogen-bond donors (Lipinski definition) is 2. The van der Waals surface area contributed by atoms with Crippen molar-refractivity contribution < 1.29 is 9.90 Å². The van der Waals surface area contributed by atoms with Gasteiger partial charge in [0.05, 0.1) is 6.54 Å². The Kier molecular flexibility index (Phi) is 5.76. The molecule has 1 aliphatic carbocycles. The summed E-state index contributed by atoms with van der Waals surface area (Å²) in [5.74, 6) is -0.729. The van der Waals surface area contributed by atoms with Crippen molar-refractivity contribution in [3.8, 4) is 0 Å². The number of carboxylic acids is 1. The van der Waals surface area contributed by atoms with Gasteiger partial charge in [0.2, 0.25) is 0 Å². The van der Waals surface area contributed by atoms with Gasteiger partial charge in [-0.15, -0.1) is 0 Å². The lowest BCUT2D eigenvalue weighted by atomic mass is 9.85. The molecule has 0 amide bonds. The van der Waals surface area contributed by atoms with Crippen LogP contribution in [0.25, 0.3) is 0 Å². The van der Waals surface area contributed by atoms with Crippen LogP contribution < -0.4 is 5.32 Å². The molecule has 0 bridgehead atoms. The fraction of sp³-hybridized carbons (Fsp3) is 0.588. The molecule has 0 aliphatic heterocycles. The first-order valence-corrected chi connectivity index (χ1v) is 7.83. The number of nitrogens with zero attached hydrogens (tertiary/aromatic N) is 1. The molecule has 0 aromatic heterocycles. The van der Waals surface area contributed by atoms with E-state index in [4.69, 9.17) is 5.11 Å². The van der Waals surface area contributed by atoms with Gasteiger partial charge < -0.3 is 10.4 Å². The van der Waals surface area contributed by atoms with Crippen molar-refractivity contribution in [3.63, 3.8) is 0 Å². The summed E-state index contributed by atoms with van der Waals surface area (Å²) in [4.78, 5) is 12.9. The molecule has 1 aliphatic rings. The quantitative estimate of drug-likeness (QED) is 0.769. The molecular formula is C17H26N2O2. The molecule has 1 aromatic rings. The number of aliphatic carboxylic acids is 1. The van der Waals surface area contributed by atoms with Crippen molar-refractivity contribution in [3.05, 3.63) is 35.4 Å². The van der Waals surface area contributed by atoms with E-state index in [-0.39, 0.29) is 6.54 Å². The summed E-state index contributed by atoms with van der Waals surface area (Å²) in [6, 6.07) is 9.61. The lowest BCUT2D eigenvalue weighted by molar-refractivity contribution is -0.139. The predicted molar refractivity (Wildman–Crippen MR) is 84.6 cm³/mol. The van der Waals surface area contributed by atoms with E-state index in [1.54, 1.807) is 0 Å². The number of hydrogen-bond acceptors (Lipinski definition) is 3. The van der Waals surface area contributed by atoms with Gasteiger partial charge in [0.15, 0.2) is 0 Å². The molecule has 0 unspecified atom stereocenters. The molecule has 116 valence electrons. The molecule has 0 heterocycles. The minimum Gasteiger partial charge on any atom is -0.480 e. The molecule has 2 rings (SSSR count). The lowest BCUT2D eigenvalue weighted by Crippen LogP contribution is -2.53. The molecular weight excluding hydrogens is 264 g/mol. The number of aryl methyl sites for hydroxylation is 1. The van der Waals surface area contributed by atoms with Crippen molar-refractivity contribution in [2.24, 2.45) is 0 Å². The molecule has 4 heteroatoms. The third-order valence-electron chi connectivity index (χ3n) is 4.30. The summed E-state index contributed by atoms with van der Waals surface area (Å²) in [6.07, 6.45) is 3.18. The highest BCUT2D eigenvalue weighted by atomic mass is 16.4. The third-order valence-corrected chi connectivity index (χ3v) is 4.30. The molecule has 1 aromatic carbocycles. The van der Waals surface area contributed by atoms with Crippen LogP contribution in [-0.4, -0.2) is 47.7 Å². The SMILES string of the molecule is CCN(CC(=O)O)C1CC(NCCc2cccc(C)c2)C1. The molecule has 0 atom stereocenters. The normalized spacial score (nSPS) is 21.3. The Morgan fingerprint density at radius 1 is 1.43 bits per heavy atom. The zero-order valence-corrected chi connectivity index (χ0v) is 13.0. The topological polar surface area (TPSA) is 52.6 Å². The molecule has 1 fully saturated rings. The van der Waals surface area contributed by atoms with Gasteiger partial charge in [-0.05, 0) is 44.8 Å². The second-order valence-corrected chi connectivity index (χ2v) is 5.97. The van der Waals surface area contributed by atoms with E-state index in [1.807, 2.05) is 6.92 Å². The molecule has 0 saturated heterocycles. The zero-order valence-electron chi connectivity index (χ0n) is 13.0. The first-order chi connectivity index (χ1) is 10.1. The monoisotopic (exact) mass is 290 g/mol. The van der Waals surface area contributed by atoms with Crippen LogP contribution in [0.3, 0.4) is 0 Å². The Hall–Kier alpha value is -1.39. The highest BCUT2D eigenvalue weighted by Crippen LogP contribution is 2.25. The van der Waals surface area contributed by atoms with Gasteiger partial charge in [-0.2, -0.15) is 0 Å². The van der Waals surface area contributed by atoms with Crippen LogP contribution in [-0.2, 0) is 11.2 Å². The summed E-state index contributed by atoms with van der Waals surface area (Å²) in [5.41, 5.74) is 2.68. The molecule has 21 heavy (non-hydrogen) atoms. The van der Waals surface area contributed by atoms with Crippen LogP contribution in [0.15, 0.2) is 24.3 Å². The number of nitrogens with one attached hydrogen (secondary N) is 1. The Morgan fingerprint density at radius 3 is 2.81 bits per heavy atom. The van der Waals surface area contributed by atoms with E-state index in [0.717, 1.165) is 32.4 Å². The van der Waals surface area contributed by atoms with Crippen molar-refractivity contribution in [1.29, 1.82) is 0 Å². The van der Waals surface area contributed by atoms with Gasteiger partial charge in [-0.1, -0.05) is 36.8 Å². The van der Waals surface area contributed by atoms with Crippen LogP contribution in [0.2, 0.25) is 0 Å². The van der Waals surface area contributed by atoms with Crippen LogP contribution in [0.5, 0.6) is 0 Å². The predicted octanol–water partition coefficient (Wildman–Crippen LogP) is 2.06. The van der Waals surface area contributed by atoms with Gasteiger partial charge in [-0.3, -0.25) is 9.69 Å². The Morgan fingerprint density at radius 2 is 2.19 bits per heavy atom. The minimum absolute atomic E-state index is 0.164. The summed E-state index contributed by atoms with van der Waals surface area (Å²) in [7, 11) is 0. The highest BCUT2D eigenvalue weighted by molar-refractivity contribution is 5.69. The van der Waals surface area contributed by atoms with Crippen LogP contribution in [0, 0.1) is 6.92 Å². The largest absolute Gasteiger partial charge is 0.480 e. The maximum Gasteiger partial charge on any atom is 0.317 e. The van der Waals surface area contributed by atoms with E-state index >= 15 is 0 Å². The van der Waals surface area contributed by atoms with E-state index in [1.165, 1.54) is 11.1 Å². The van der Waals surface area contributed by atoms with E-state index < -0.39 is 5.97 Å². The van der Waals surface area contributed by atoms with Crippen LogP contribution in [0.1, 0.15) is 30.9 Å². The fourth-order valence-corrected chi connectivity index (χ4v) is 3.01. The van der Waals surface area contributed by atoms with Gasteiger partial charge in [0, 0.05) is 12.1 Å². The minimum atomic E-state index is -0.729. The first kappa shape index (κ1) is 16.0. The van der Waals surface area contributed by atoms with Crippen LogP contribution >= 0.6 is 0 Å². The standard InChI is InChI=1S/C17H26N2O2/c1-3-19(12-17(20)21)16-10-15(11-16)18-8-7-14-6-4-5-13(2)9-14/h4-6,9,15-16,18H,3,7-8,10-12H2,1-2H3,(H,20,21). The first-order valence-electron chi connectivity index (χ1n) is 7.83. The average molecular weight is 290 g/mol. The average Bonchev–Trinajstić information content (AvgIpc) is 2.39. The molecule has 1 saturated carbocycles. The van der Waals surface area contributed by atoms with Crippen molar-refractivity contribution in [1.82, 2.24) is 10.2 Å². The van der Waals surface area contributed by atoms with Crippen molar-refractivity contribution in [2.75, 3.05) is 19.6 Å². The lowest BCUT2D eigenvalue weighted by Gasteiger charge is -2.42. The Labute approximate surface area is 127 Å². The fourth-order valence-electron chi connectivity index (χ4n) is 3.01. The van der Waals surface area contributed by atoms with Gasteiger partial charge in [0.1, 0.15) is 0 Å². The number of rotatable bonds is 8. The van der Waals surface area contributed by atoms with E-state index in [2.05, 4.69) is 41.4 Å². The second-order valence-electron chi connectivity index (χ2n) is 5.97. The molecule has 0 radical (unpaired) electrons. The van der Waals surface area contributed by atoms with E-state index in [9.17, 15) is 4.79 Å². The molecule has 2 N–H and O–H groups in total. The summed E-state index contributed by atoms with van der Waals surface area (Å²) in [5, 5.41) is 12.5. The third kappa shape index (κ3) is 4.83. The highest BCUT2D eigenvalue weighted by Gasteiger charge is 2.33. The van der Waals surface area contributed by atoms with Crippen LogP contribution in [0.4, 0.5) is 0 Å². The van der Waals surface area contributed by atoms with Gasteiger partial charge in [-0.25, -0.2) is 0 Å². The second kappa shape index (κ2) is 7.57. The summed E-state index contributed by atoms with van der Waals surface area (Å²) >= 11 is 0. The van der Waals surface area contributed by atoms with Crippen molar-refractivity contribution in [2.45, 2.75) is 45.2 Å². The van der Waals surface area contributed by atoms with Crippen molar-refractivity contribution >= 4 is 5.97 Å². The zero-order chi connectivity index (χ0) is 15.2. The van der Waals surface area contributed by atoms with Gasteiger partial charge >= 0.3 is 5.97 Å². The number of likely N-dealkylation sites (N-methyl/N-ethyl adjacent to an activating group) is 1. The summed E-state index contributed by atoms with van der Waals surface area (Å²) in [6.45, 7) is 6.12. The molecule has 4 nitrogen and oxygen atoms in total. The smallest absolute Gasteiger partial charge is 0.317 e. The number of carbonyl (C=O) groups is 1. The van der Waals surface area contributed by atoms with Gasteiger partial charge in [0.25, 0.3) is 0 Å². The van der Waals surface area contributed by atoms with E-state index in [0.29, 0.717) is 12.1 Å².